The first kappa shape index (κ1) is 18.9. The Morgan fingerprint density at radius 3 is 2.06 bits per heavy atom. The third kappa shape index (κ3) is 3.40. The highest BCUT2D eigenvalue weighted by atomic mass is 16.4. The second-order valence-corrected chi connectivity index (χ2v) is 7.62. The van der Waals surface area contributed by atoms with Gasteiger partial charge in [-0.05, 0) is 39.2 Å². The van der Waals surface area contributed by atoms with Crippen molar-refractivity contribution in [2.75, 3.05) is 0 Å². The maximum absolute atomic E-state index is 13.4. The molecule has 152 valence electrons. The predicted octanol–water partition coefficient (Wildman–Crippen LogP) is 4.90. The molecule has 0 aliphatic rings. The number of hydrogen-bond acceptors (Lipinski definition) is 2. The number of carbonyl (C=O) groups excluding carboxylic acids is 1. The number of H-pyrrole nitrogens is 1. The molecule has 3 N–H and O–H groups in total. The molecule has 0 aliphatic heterocycles. The fourth-order valence-electron chi connectivity index (χ4n) is 4.21. The number of para-hydroxylation sites is 1. The van der Waals surface area contributed by atoms with Gasteiger partial charge in [0.15, 0.2) is 0 Å². The summed E-state index contributed by atoms with van der Waals surface area (Å²) in [6.45, 7) is 0. The number of aromatic amines is 1. The summed E-state index contributed by atoms with van der Waals surface area (Å²) in [6, 6.07) is 24.0. The molecule has 0 fully saturated rings. The average Bonchev–Trinajstić information content (AvgIpc) is 3.19. The van der Waals surface area contributed by atoms with Gasteiger partial charge in [0.2, 0.25) is 0 Å². The van der Waals surface area contributed by atoms with E-state index in [2.05, 4.69) is 10.3 Å². The average molecular weight is 408 g/mol. The van der Waals surface area contributed by atoms with Crippen LogP contribution in [-0.2, 0) is 11.2 Å². The van der Waals surface area contributed by atoms with Crippen LogP contribution in [0.2, 0.25) is 0 Å². The second-order valence-electron chi connectivity index (χ2n) is 7.62. The number of carboxylic acids is 1. The van der Waals surface area contributed by atoms with E-state index in [0.29, 0.717) is 5.56 Å². The Kier molecular flexibility index (Phi) is 4.64. The first-order chi connectivity index (χ1) is 15.1. The van der Waals surface area contributed by atoms with Gasteiger partial charge in [-0.2, -0.15) is 0 Å². The largest absolute Gasteiger partial charge is 0.480 e. The molecule has 5 nitrogen and oxygen atoms in total. The van der Waals surface area contributed by atoms with Crippen molar-refractivity contribution < 1.29 is 14.7 Å². The van der Waals surface area contributed by atoms with E-state index >= 15 is 0 Å². The zero-order valence-corrected chi connectivity index (χ0v) is 16.6. The van der Waals surface area contributed by atoms with Crippen LogP contribution in [-0.4, -0.2) is 28.0 Å². The van der Waals surface area contributed by atoms with Gasteiger partial charge < -0.3 is 15.4 Å². The molecule has 0 unspecified atom stereocenters. The van der Waals surface area contributed by atoms with E-state index in [-0.39, 0.29) is 12.3 Å². The summed E-state index contributed by atoms with van der Waals surface area (Å²) in [4.78, 5) is 28.6. The third-order valence-electron chi connectivity index (χ3n) is 5.70. The standard InChI is InChI=1S/C26H20N2O3/c29-25(24-20-10-3-1-7-16(20)13-17-8-2-4-11-21(17)24)28-23(26(30)31)14-18-15-27-22-12-6-5-9-19(18)22/h1-13,15,23,27H,14H2,(H,28,29)(H,30,31)/t23-/m0/s1. The Bertz CT molecular complexity index is 1400. The van der Waals surface area contributed by atoms with Gasteiger partial charge in [0.05, 0.1) is 5.56 Å². The summed E-state index contributed by atoms with van der Waals surface area (Å²) >= 11 is 0. The fourth-order valence-corrected chi connectivity index (χ4v) is 4.21. The maximum atomic E-state index is 13.4. The Morgan fingerprint density at radius 2 is 1.42 bits per heavy atom. The number of rotatable bonds is 5. The van der Waals surface area contributed by atoms with Crippen molar-refractivity contribution in [1.82, 2.24) is 10.3 Å². The number of aliphatic carboxylic acids is 1. The van der Waals surface area contributed by atoms with Crippen LogP contribution in [0.1, 0.15) is 15.9 Å². The molecule has 0 radical (unpaired) electrons. The highest BCUT2D eigenvalue weighted by molar-refractivity contribution is 6.18. The molecular formula is C26H20N2O3. The fraction of sp³-hybridized carbons (Fsp3) is 0.0769. The summed E-state index contributed by atoms with van der Waals surface area (Å²) in [5.74, 6) is -1.46. The van der Waals surface area contributed by atoms with Crippen LogP contribution >= 0.6 is 0 Å². The maximum Gasteiger partial charge on any atom is 0.326 e. The van der Waals surface area contributed by atoms with Crippen molar-refractivity contribution in [3.63, 3.8) is 0 Å². The molecule has 1 heterocycles. The molecule has 0 bridgehead atoms. The highest BCUT2D eigenvalue weighted by Crippen LogP contribution is 2.28. The smallest absolute Gasteiger partial charge is 0.326 e. The molecule has 5 rings (SSSR count). The van der Waals surface area contributed by atoms with Gasteiger partial charge in [-0.25, -0.2) is 4.79 Å². The molecule has 31 heavy (non-hydrogen) atoms. The minimum atomic E-state index is -1.07. The van der Waals surface area contributed by atoms with Gasteiger partial charge in [-0.3, -0.25) is 4.79 Å². The lowest BCUT2D eigenvalue weighted by atomic mass is 9.95. The lowest BCUT2D eigenvalue weighted by Gasteiger charge is -2.17. The number of fused-ring (bicyclic) bond motifs is 3. The molecule has 0 spiro atoms. The van der Waals surface area contributed by atoms with Crippen LogP contribution in [0.5, 0.6) is 0 Å². The minimum Gasteiger partial charge on any atom is -0.480 e. The monoisotopic (exact) mass is 408 g/mol. The summed E-state index contributed by atoms with van der Waals surface area (Å²) in [5.41, 5.74) is 2.29. The van der Waals surface area contributed by atoms with Gasteiger partial charge in [0, 0.05) is 23.5 Å². The molecule has 5 aromatic rings. The zero-order chi connectivity index (χ0) is 21.4. The lowest BCUT2D eigenvalue weighted by molar-refractivity contribution is -0.139. The second kappa shape index (κ2) is 7.61. The summed E-state index contributed by atoms with van der Waals surface area (Å²) in [6.07, 6.45) is 1.99. The van der Waals surface area contributed by atoms with Gasteiger partial charge in [-0.15, -0.1) is 0 Å². The van der Waals surface area contributed by atoms with Crippen molar-refractivity contribution in [2.24, 2.45) is 0 Å². The van der Waals surface area contributed by atoms with Crippen LogP contribution in [0.15, 0.2) is 85.1 Å². The summed E-state index contributed by atoms with van der Waals surface area (Å²) in [7, 11) is 0. The predicted molar refractivity (Wildman–Crippen MR) is 122 cm³/mol. The quantitative estimate of drug-likeness (QED) is 0.362. The van der Waals surface area contributed by atoms with Crippen LogP contribution < -0.4 is 5.32 Å². The Hall–Kier alpha value is -4.12. The molecule has 5 heteroatoms. The van der Waals surface area contributed by atoms with Crippen molar-refractivity contribution in [3.8, 4) is 0 Å². The van der Waals surface area contributed by atoms with Gasteiger partial charge >= 0.3 is 5.97 Å². The van der Waals surface area contributed by atoms with Crippen molar-refractivity contribution >= 4 is 44.3 Å². The Balaban J connectivity index is 1.54. The first-order valence-electron chi connectivity index (χ1n) is 10.1. The van der Waals surface area contributed by atoms with E-state index in [1.165, 1.54) is 0 Å². The number of hydrogen-bond donors (Lipinski definition) is 3. The number of carbonyl (C=O) groups is 2. The molecule has 1 amide bonds. The number of amides is 1. The Morgan fingerprint density at radius 1 is 0.839 bits per heavy atom. The number of carboxylic acid groups (broad SMARTS) is 1. The zero-order valence-electron chi connectivity index (χ0n) is 16.6. The van der Waals surface area contributed by atoms with Gasteiger partial charge in [-0.1, -0.05) is 66.7 Å². The highest BCUT2D eigenvalue weighted by Gasteiger charge is 2.24. The number of aromatic nitrogens is 1. The van der Waals surface area contributed by atoms with Crippen LogP contribution in [0, 0.1) is 0 Å². The molecular weight excluding hydrogens is 388 g/mol. The van der Waals surface area contributed by atoms with Crippen molar-refractivity contribution in [3.05, 3.63) is 96.2 Å². The van der Waals surface area contributed by atoms with Crippen LogP contribution in [0.4, 0.5) is 0 Å². The van der Waals surface area contributed by atoms with E-state index < -0.39 is 12.0 Å². The summed E-state index contributed by atoms with van der Waals surface area (Å²) in [5, 5.41) is 17.0. The SMILES string of the molecule is O=C(N[C@@H](Cc1c[nH]c2ccccc12)C(=O)O)c1c2ccccc2cc2ccccc12. The molecule has 0 saturated heterocycles. The number of benzene rings is 4. The van der Waals surface area contributed by atoms with E-state index in [0.717, 1.165) is 38.0 Å². The van der Waals surface area contributed by atoms with Crippen molar-refractivity contribution in [2.45, 2.75) is 12.5 Å². The summed E-state index contributed by atoms with van der Waals surface area (Å²) < 4.78 is 0. The minimum absolute atomic E-state index is 0.188. The molecule has 0 aliphatic carbocycles. The van der Waals surface area contributed by atoms with E-state index in [1.54, 1.807) is 6.20 Å². The van der Waals surface area contributed by atoms with E-state index in [4.69, 9.17) is 0 Å². The molecule has 1 atom stereocenters. The van der Waals surface area contributed by atoms with Gasteiger partial charge in [0.1, 0.15) is 6.04 Å². The third-order valence-corrected chi connectivity index (χ3v) is 5.70. The topological polar surface area (TPSA) is 82.2 Å². The molecule has 1 aromatic heterocycles. The normalized spacial score (nSPS) is 12.3. The van der Waals surface area contributed by atoms with Gasteiger partial charge in [0.25, 0.3) is 5.91 Å². The first-order valence-corrected chi connectivity index (χ1v) is 10.1. The van der Waals surface area contributed by atoms with Crippen LogP contribution in [0.25, 0.3) is 32.4 Å². The van der Waals surface area contributed by atoms with Crippen molar-refractivity contribution in [1.29, 1.82) is 0 Å². The molecule has 4 aromatic carbocycles. The van der Waals surface area contributed by atoms with Crippen LogP contribution in [0.3, 0.4) is 0 Å². The van der Waals surface area contributed by atoms with E-state index in [9.17, 15) is 14.7 Å². The van der Waals surface area contributed by atoms with E-state index in [1.807, 2.05) is 78.9 Å². The number of nitrogens with one attached hydrogen (secondary N) is 2. The lowest BCUT2D eigenvalue weighted by Crippen LogP contribution is -2.42. The Labute approximate surface area is 178 Å². The molecule has 0 saturated carbocycles.